The van der Waals surface area contributed by atoms with E-state index in [0.29, 0.717) is 44.9 Å². The molecule has 0 bridgehead atoms. The Morgan fingerprint density at radius 3 is 2.17 bits per heavy atom. The highest BCUT2D eigenvalue weighted by atomic mass is 16.3. The number of hydrogen-bond acceptors (Lipinski definition) is 3. The summed E-state index contributed by atoms with van der Waals surface area (Å²) in [7, 11) is 0. The number of benzene rings is 1. The summed E-state index contributed by atoms with van der Waals surface area (Å²) in [6, 6.07) is 8.37. The first-order valence-electron chi connectivity index (χ1n) is 12.0. The second-order valence-electron chi connectivity index (χ2n) is 9.98. The minimum absolute atomic E-state index is 0.0537. The third-order valence-corrected chi connectivity index (χ3v) is 8.35. The number of aliphatic hydroxyl groups is 1. The Balaban J connectivity index is 1.18. The van der Waals surface area contributed by atoms with Crippen molar-refractivity contribution in [2.75, 3.05) is 26.2 Å². The lowest BCUT2D eigenvalue weighted by Gasteiger charge is -2.42. The van der Waals surface area contributed by atoms with Gasteiger partial charge in [-0.05, 0) is 74.0 Å². The van der Waals surface area contributed by atoms with E-state index < -0.39 is 5.60 Å². The molecule has 5 heteroatoms. The predicted octanol–water partition coefficient (Wildman–Crippen LogP) is 3.57. The number of piperazine rings is 1. The summed E-state index contributed by atoms with van der Waals surface area (Å²) in [5, 5.41) is 10.3. The molecule has 1 aliphatic heterocycles. The van der Waals surface area contributed by atoms with E-state index in [1.54, 1.807) is 4.90 Å². The van der Waals surface area contributed by atoms with Gasteiger partial charge in [0.25, 0.3) is 11.8 Å². The first kappa shape index (κ1) is 20.0. The zero-order valence-corrected chi connectivity index (χ0v) is 17.9. The van der Waals surface area contributed by atoms with Crippen LogP contribution >= 0.6 is 0 Å². The molecule has 1 N–H and O–H groups in total. The largest absolute Gasteiger partial charge is 0.380 e. The van der Waals surface area contributed by atoms with Gasteiger partial charge in [-0.15, -0.1) is 0 Å². The van der Waals surface area contributed by atoms with Crippen molar-refractivity contribution in [2.45, 2.75) is 69.3 Å². The molecule has 1 aromatic rings. The first-order valence-corrected chi connectivity index (χ1v) is 12.0. The molecule has 1 saturated heterocycles. The molecule has 3 saturated carbocycles. The van der Waals surface area contributed by atoms with Crippen molar-refractivity contribution in [1.29, 1.82) is 0 Å². The van der Waals surface area contributed by atoms with Gasteiger partial charge in [0.2, 0.25) is 0 Å². The Morgan fingerprint density at radius 2 is 1.50 bits per heavy atom. The Bertz CT molecular complexity index is 793. The average molecular weight is 411 g/mol. The van der Waals surface area contributed by atoms with E-state index in [-0.39, 0.29) is 11.8 Å². The smallest absolute Gasteiger partial charge is 0.254 e. The zero-order valence-electron chi connectivity index (χ0n) is 17.9. The number of fused-ring (bicyclic) bond motifs is 1. The molecule has 0 aromatic heterocycles. The van der Waals surface area contributed by atoms with Gasteiger partial charge in [0.15, 0.2) is 0 Å². The van der Waals surface area contributed by atoms with Gasteiger partial charge in [0.1, 0.15) is 5.60 Å². The number of hydrogen-bond donors (Lipinski definition) is 1. The van der Waals surface area contributed by atoms with Crippen LogP contribution in [0.5, 0.6) is 0 Å². The van der Waals surface area contributed by atoms with Gasteiger partial charge in [0.05, 0.1) is 0 Å². The van der Waals surface area contributed by atoms with Crippen LogP contribution in [-0.2, 0) is 4.79 Å². The maximum Gasteiger partial charge on any atom is 0.254 e. The van der Waals surface area contributed by atoms with Gasteiger partial charge in [-0.3, -0.25) is 9.59 Å². The van der Waals surface area contributed by atoms with Crippen LogP contribution in [0.3, 0.4) is 0 Å². The molecule has 162 valence electrons. The summed E-state index contributed by atoms with van der Waals surface area (Å²) in [5.74, 6) is 2.34. The predicted molar refractivity (Wildman–Crippen MR) is 115 cm³/mol. The molecule has 4 fully saturated rings. The molecule has 0 spiro atoms. The minimum Gasteiger partial charge on any atom is -0.380 e. The maximum atomic E-state index is 13.0. The van der Waals surface area contributed by atoms with Crippen LogP contribution in [0.1, 0.15) is 79.6 Å². The number of amides is 2. The van der Waals surface area contributed by atoms with Crippen molar-refractivity contribution in [3.63, 3.8) is 0 Å². The number of carbonyl (C=O) groups is 2. The van der Waals surface area contributed by atoms with Crippen LogP contribution in [0.2, 0.25) is 0 Å². The van der Waals surface area contributed by atoms with Gasteiger partial charge in [-0.25, -0.2) is 0 Å². The molecule has 1 heterocycles. The summed E-state index contributed by atoms with van der Waals surface area (Å²) >= 11 is 0. The summed E-state index contributed by atoms with van der Waals surface area (Å²) < 4.78 is 0. The second kappa shape index (κ2) is 7.99. The Kier molecular flexibility index (Phi) is 5.34. The topological polar surface area (TPSA) is 60.9 Å². The summed E-state index contributed by atoms with van der Waals surface area (Å²) in [4.78, 5) is 29.0. The molecule has 5 nitrogen and oxygen atoms in total. The van der Waals surface area contributed by atoms with Crippen LogP contribution < -0.4 is 0 Å². The normalized spacial score (nSPS) is 30.5. The van der Waals surface area contributed by atoms with E-state index in [4.69, 9.17) is 0 Å². The molecule has 4 aliphatic rings. The molecular weight excluding hydrogens is 376 g/mol. The Morgan fingerprint density at radius 1 is 0.833 bits per heavy atom. The first-order chi connectivity index (χ1) is 14.5. The van der Waals surface area contributed by atoms with E-state index in [9.17, 15) is 14.7 Å². The molecule has 0 radical (unpaired) electrons. The monoisotopic (exact) mass is 410 g/mol. The molecule has 3 atom stereocenters. The van der Waals surface area contributed by atoms with Gasteiger partial charge in [-0.2, -0.15) is 0 Å². The lowest BCUT2D eigenvalue weighted by Crippen LogP contribution is -2.58. The number of nitrogens with zero attached hydrogens (tertiary/aromatic N) is 2. The summed E-state index contributed by atoms with van der Waals surface area (Å²) in [6.45, 7) is 2.09. The van der Waals surface area contributed by atoms with Gasteiger partial charge >= 0.3 is 0 Å². The highest BCUT2D eigenvalue weighted by Crippen LogP contribution is 2.50. The van der Waals surface area contributed by atoms with Crippen molar-refractivity contribution in [1.82, 2.24) is 9.80 Å². The Hall–Kier alpha value is -1.88. The number of carbonyl (C=O) groups excluding carboxylic acids is 2. The minimum atomic E-state index is -1.14. The third kappa shape index (κ3) is 3.55. The second-order valence-corrected chi connectivity index (χ2v) is 9.98. The fourth-order valence-electron chi connectivity index (χ4n) is 6.33. The average Bonchev–Trinajstić information content (AvgIpc) is 3.21. The van der Waals surface area contributed by atoms with Crippen LogP contribution in [0.4, 0.5) is 0 Å². The SMILES string of the molecule is O=C(c1ccc(C2CCC3CCCCC32)cc1)N1CCN(C(=O)C2(O)CCC2)CC1. The Labute approximate surface area is 179 Å². The molecule has 5 rings (SSSR count). The quantitative estimate of drug-likeness (QED) is 0.829. The van der Waals surface area contributed by atoms with Crippen LogP contribution in [0, 0.1) is 11.8 Å². The fraction of sp³-hybridized carbons (Fsp3) is 0.680. The van der Waals surface area contributed by atoms with E-state index in [2.05, 4.69) is 12.1 Å². The van der Waals surface area contributed by atoms with E-state index in [1.165, 1.54) is 44.1 Å². The van der Waals surface area contributed by atoms with Crippen LogP contribution in [0.25, 0.3) is 0 Å². The molecule has 2 amide bonds. The zero-order chi connectivity index (χ0) is 20.7. The lowest BCUT2D eigenvalue weighted by atomic mass is 9.76. The standard InChI is InChI=1S/C25H34N2O3/c28-23(26-14-16-27(17-15-26)24(29)25(30)12-3-13-25)20-8-6-19(7-9-20)22-11-10-18-4-1-2-5-21(18)22/h6-9,18,21-22,30H,1-5,10-17H2. The molecule has 30 heavy (non-hydrogen) atoms. The maximum absolute atomic E-state index is 13.0. The highest BCUT2D eigenvalue weighted by molar-refractivity contribution is 5.94. The summed E-state index contributed by atoms with van der Waals surface area (Å²) in [6.07, 6.45) is 10.3. The van der Waals surface area contributed by atoms with Gasteiger partial charge < -0.3 is 14.9 Å². The third-order valence-electron chi connectivity index (χ3n) is 8.35. The summed E-state index contributed by atoms with van der Waals surface area (Å²) in [5.41, 5.74) is 1.01. The lowest BCUT2D eigenvalue weighted by molar-refractivity contribution is -0.161. The molecule has 3 unspecified atom stereocenters. The fourth-order valence-corrected chi connectivity index (χ4v) is 6.33. The number of rotatable bonds is 3. The molecular formula is C25H34N2O3. The van der Waals surface area contributed by atoms with Crippen LogP contribution in [0.15, 0.2) is 24.3 Å². The van der Waals surface area contributed by atoms with E-state index in [1.807, 2.05) is 17.0 Å². The van der Waals surface area contributed by atoms with Gasteiger partial charge in [0, 0.05) is 31.7 Å². The van der Waals surface area contributed by atoms with Crippen molar-refractivity contribution in [3.05, 3.63) is 35.4 Å². The van der Waals surface area contributed by atoms with Crippen molar-refractivity contribution >= 4 is 11.8 Å². The highest BCUT2D eigenvalue weighted by Gasteiger charge is 2.45. The molecule has 3 aliphatic carbocycles. The van der Waals surface area contributed by atoms with Crippen molar-refractivity contribution < 1.29 is 14.7 Å². The van der Waals surface area contributed by atoms with E-state index in [0.717, 1.165) is 23.8 Å². The van der Waals surface area contributed by atoms with Crippen molar-refractivity contribution in [2.24, 2.45) is 11.8 Å². The van der Waals surface area contributed by atoms with E-state index >= 15 is 0 Å². The van der Waals surface area contributed by atoms with Crippen LogP contribution in [-0.4, -0.2) is 58.5 Å². The van der Waals surface area contributed by atoms with Crippen molar-refractivity contribution in [3.8, 4) is 0 Å². The molecule has 1 aromatic carbocycles. The van der Waals surface area contributed by atoms with Gasteiger partial charge in [-0.1, -0.05) is 31.4 Å².